The summed E-state index contributed by atoms with van der Waals surface area (Å²) in [4.78, 5) is 14.0. The zero-order valence-corrected chi connectivity index (χ0v) is 12.8. The predicted octanol–water partition coefficient (Wildman–Crippen LogP) is 5.16. The van der Waals surface area contributed by atoms with Gasteiger partial charge < -0.3 is 4.98 Å². The first-order chi connectivity index (χ1) is 9.70. The van der Waals surface area contributed by atoms with Crippen molar-refractivity contribution in [2.24, 2.45) is 0 Å². The molecule has 0 bridgehead atoms. The quantitative estimate of drug-likeness (QED) is 0.808. The molecule has 2 rings (SSSR count). The Morgan fingerprint density at radius 1 is 1.19 bits per heavy atom. The van der Waals surface area contributed by atoms with E-state index in [1.54, 1.807) is 18.2 Å². The zero-order chi connectivity index (χ0) is 15.8. The van der Waals surface area contributed by atoms with E-state index in [4.69, 9.17) is 23.2 Å². The number of halogens is 5. The number of nitrogens with one attached hydrogen (secondary N) is 1. The van der Waals surface area contributed by atoms with E-state index in [2.05, 4.69) is 0 Å². The first-order valence-electron chi connectivity index (χ1n) is 5.63. The minimum Gasteiger partial charge on any atom is -0.318 e. The highest BCUT2D eigenvalue weighted by molar-refractivity contribution is 7.99. The summed E-state index contributed by atoms with van der Waals surface area (Å²) in [6, 6.07) is 5.65. The summed E-state index contributed by atoms with van der Waals surface area (Å²) in [5, 5.41) is 0.612. The van der Waals surface area contributed by atoms with Crippen molar-refractivity contribution in [1.29, 1.82) is 0 Å². The van der Waals surface area contributed by atoms with Crippen molar-refractivity contribution in [3.05, 3.63) is 55.9 Å². The highest BCUT2D eigenvalue weighted by Crippen LogP contribution is 2.40. The molecule has 0 saturated carbocycles. The van der Waals surface area contributed by atoms with Gasteiger partial charge in [0, 0.05) is 15.4 Å². The molecule has 112 valence electrons. The molecule has 1 N–H and O–H groups in total. The van der Waals surface area contributed by atoms with Gasteiger partial charge in [-0.05, 0) is 25.1 Å². The molecule has 0 radical (unpaired) electrons. The maximum atomic E-state index is 12.7. The van der Waals surface area contributed by atoms with Gasteiger partial charge in [0.2, 0.25) is 0 Å². The largest absolute Gasteiger partial charge is 0.431 e. The van der Waals surface area contributed by atoms with Crippen molar-refractivity contribution in [3.8, 4) is 0 Å². The van der Waals surface area contributed by atoms with E-state index in [9.17, 15) is 18.0 Å². The Hall–Kier alpha value is -1.11. The van der Waals surface area contributed by atoms with Gasteiger partial charge in [0.1, 0.15) is 5.69 Å². The summed E-state index contributed by atoms with van der Waals surface area (Å²) in [6.07, 6.45) is -4.63. The molecular weight excluding hydrogens is 346 g/mol. The summed E-state index contributed by atoms with van der Waals surface area (Å²) in [5.74, 6) is 0. The highest BCUT2D eigenvalue weighted by Gasteiger charge is 2.33. The van der Waals surface area contributed by atoms with Crippen molar-refractivity contribution in [1.82, 2.24) is 4.98 Å². The monoisotopic (exact) mass is 353 g/mol. The van der Waals surface area contributed by atoms with Gasteiger partial charge in [0.15, 0.2) is 0 Å². The van der Waals surface area contributed by atoms with Crippen molar-refractivity contribution in [2.75, 3.05) is 0 Å². The molecule has 0 aliphatic carbocycles. The van der Waals surface area contributed by atoms with E-state index >= 15 is 0 Å². The average Bonchev–Trinajstić information content (AvgIpc) is 2.37. The van der Waals surface area contributed by atoms with Crippen LogP contribution in [0, 0.1) is 6.92 Å². The van der Waals surface area contributed by atoms with E-state index in [1.807, 2.05) is 4.98 Å². The van der Waals surface area contributed by atoms with E-state index in [-0.39, 0.29) is 10.5 Å². The fraction of sp³-hybridized carbons (Fsp3) is 0.154. The summed E-state index contributed by atoms with van der Waals surface area (Å²) in [7, 11) is 0. The molecule has 0 aliphatic heterocycles. The first-order valence-corrected chi connectivity index (χ1v) is 7.20. The molecule has 8 heteroatoms. The second kappa shape index (κ2) is 5.94. The van der Waals surface area contributed by atoms with Crippen LogP contribution in [-0.2, 0) is 6.18 Å². The lowest BCUT2D eigenvalue weighted by molar-refractivity contribution is -0.141. The lowest BCUT2D eigenvalue weighted by Crippen LogP contribution is -2.18. The topological polar surface area (TPSA) is 32.9 Å². The Morgan fingerprint density at radius 2 is 1.76 bits per heavy atom. The molecule has 0 atom stereocenters. The Balaban J connectivity index is 2.54. The molecule has 0 saturated heterocycles. The normalized spacial score (nSPS) is 11.7. The fourth-order valence-corrected chi connectivity index (χ4v) is 3.15. The predicted molar refractivity (Wildman–Crippen MR) is 77.4 cm³/mol. The van der Waals surface area contributed by atoms with Crippen LogP contribution in [0.2, 0.25) is 10.0 Å². The van der Waals surface area contributed by atoms with E-state index in [0.29, 0.717) is 14.9 Å². The number of benzene rings is 1. The summed E-state index contributed by atoms with van der Waals surface area (Å²) >= 11 is 12.9. The summed E-state index contributed by atoms with van der Waals surface area (Å²) < 4.78 is 38.2. The molecule has 21 heavy (non-hydrogen) atoms. The number of aromatic nitrogens is 1. The second-order valence-electron chi connectivity index (χ2n) is 4.15. The van der Waals surface area contributed by atoms with Gasteiger partial charge in [-0.15, -0.1) is 0 Å². The third-order valence-electron chi connectivity index (χ3n) is 2.67. The first kappa shape index (κ1) is 16.3. The SMILES string of the molecule is Cc1c(Sc2c(Cl)cccc2Cl)cc(C(F)(F)F)[nH]c1=O. The van der Waals surface area contributed by atoms with E-state index < -0.39 is 17.4 Å². The number of alkyl halides is 3. The Kier molecular flexibility index (Phi) is 4.60. The van der Waals surface area contributed by atoms with E-state index in [1.165, 1.54) is 6.92 Å². The minimum absolute atomic E-state index is 0.154. The molecule has 0 amide bonds. The van der Waals surface area contributed by atoms with Crippen LogP contribution in [-0.4, -0.2) is 4.98 Å². The van der Waals surface area contributed by atoms with Gasteiger partial charge in [-0.3, -0.25) is 4.79 Å². The highest BCUT2D eigenvalue weighted by atomic mass is 35.5. The van der Waals surface area contributed by atoms with Crippen molar-refractivity contribution < 1.29 is 13.2 Å². The van der Waals surface area contributed by atoms with Gasteiger partial charge >= 0.3 is 6.18 Å². The summed E-state index contributed by atoms with van der Waals surface area (Å²) in [5.41, 5.74) is -1.73. The Bertz CT molecular complexity index is 723. The third kappa shape index (κ3) is 3.56. The number of aromatic amines is 1. The molecule has 1 aromatic heterocycles. The van der Waals surface area contributed by atoms with Crippen LogP contribution in [0.1, 0.15) is 11.3 Å². The van der Waals surface area contributed by atoms with Gasteiger partial charge in [-0.1, -0.05) is 41.0 Å². The lowest BCUT2D eigenvalue weighted by Gasteiger charge is -2.12. The van der Waals surface area contributed by atoms with Crippen molar-refractivity contribution in [3.63, 3.8) is 0 Å². The van der Waals surface area contributed by atoms with Crippen LogP contribution in [0.25, 0.3) is 0 Å². The average molecular weight is 354 g/mol. The van der Waals surface area contributed by atoms with Gasteiger partial charge in [-0.25, -0.2) is 0 Å². The molecule has 1 aromatic carbocycles. The minimum atomic E-state index is -4.63. The number of rotatable bonds is 2. The molecule has 0 aliphatic rings. The van der Waals surface area contributed by atoms with Crippen LogP contribution in [0.5, 0.6) is 0 Å². The van der Waals surface area contributed by atoms with Crippen molar-refractivity contribution in [2.45, 2.75) is 22.9 Å². The standard InChI is InChI=1S/C13H8Cl2F3NOS/c1-6-9(5-10(13(16,17)18)19-12(6)20)21-11-7(14)3-2-4-8(11)15/h2-5H,1H3,(H,19,20). The van der Waals surface area contributed by atoms with Crippen LogP contribution >= 0.6 is 35.0 Å². The molecule has 0 spiro atoms. The van der Waals surface area contributed by atoms with Gasteiger partial charge in [-0.2, -0.15) is 13.2 Å². The zero-order valence-electron chi connectivity index (χ0n) is 10.5. The van der Waals surface area contributed by atoms with Gasteiger partial charge in [0.05, 0.1) is 10.0 Å². The van der Waals surface area contributed by atoms with Crippen LogP contribution in [0.3, 0.4) is 0 Å². The van der Waals surface area contributed by atoms with Gasteiger partial charge in [0.25, 0.3) is 5.56 Å². The molecule has 0 fully saturated rings. The number of H-pyrrole nitrogens is 1. The lowest BCUT2D eigenvalue weighted by atomic mass is 10.2. The van der Waals surface area contributed by atoms with Crippen LogP contribution < -0.4 is 5.56 Å². The number of hydrogen-bond acceptors (Lipinski definition) is 2. The van der Waals surface area contributed by atoms with Crippen molar-refractivity contribution >= 4 is 35.0 Å². The molecule has 2 nitrogen and oxygen atoms in total. The number of hydrogen-bond donors (Lipinski definition) is 1. The van der Waals surface area contributed by atoms with Crippen LogP contribution in [0.4, 0.5) is 13.2 Å². The molecule has 0 unspecified atom stereocenters. The molecule has 2 aromatic rings. The van der Waals surface area contributed by atoms with Crippen LogP contribution in [0.15, 0.2) is 38.9 Å². The van der Waals surface area contributed by atoms with E-state index in [0.717, 1.165) is 17.8 Å². The maximum absolute atomic E-state index is 12.7. The molecular formula is C13H8Cl2F3NOS. The smallest absolute Gasteiger partial charge is 0.318 e. The number of pyridine rings is 1. The fourth-order valence-electron chi connectivity index (χ4n) is 1.55. The third-order valence-corrected chi connectivity index (χ3v) is 4.81. The Labute approximate surface area is 132 Å². The summed E-state index contributed by atoms with van der Waals surface area (Å²) in [6.45, 7) is 1.44. The molecule has 1 heterocycles. The second-order valence-corrected chi connectivity index (χ2v) is 6.02. The Morgan fingerprint density at radius 3 is 2.29 bits per heavy atom. The maximum Gasteiger partial charge on any atom is 0.431 e.